The first kappa shape index (κ1) is 16.9. The quantitative estimate of drug-likeness (QED) is 0.527. The maximum absolute atomic E-state index is 11.2. The molecule has 0 aliphatic heterocycles. The minimum absolute atomic E-state index is 0. The Bertz CT molecular complexity index is 481. The van der Waals surface area contributed by atoms with E-state index in [1.165, 1.54) is 12.1 Å². The Morgan fingerprint density at radius 3 is 2.00 bits per heavy atom. The molecule has 0 atom stereocenters. The molecule has 1 aromatic rings. The van der Waals surface area contributed by atoms with E-state index >= 15 is 0 Å². The van der Waals surface area contributed by atoms with Gasteiger partial charge < -0.3 is 9.63 Å². The van der Waals surface area contributed by atoms with Crippen molar-refractivity contribution in [2.75, 3.05) is 0 Å². The van der Waals surface area contributed by atoms with Crippen molar-refractivity contribution in [1.82, 2.24) is 0 Å². The third-order valence-electron chi connectivity index (χ3n) is 1.58. The van der Waals surface area contributed by atoms with Gasteiger partial charge in [-0.15, -0.1) is 0 Å². The van der Waals surface area contributed by atoms with Crippen LogP contribution in [-0.2, 0) is 9.09 Å². The standard InChI is InChI=1S/C8H7O7P.K.H/c9-7(10)5-3-1-2-4-6(5)8(11)15-16(12,13)14;;/h1-4H,(H,9,10)(H2,12,13,14);;. The monoisotopic (exact) mass is 286 g/mol. The summed E-state index contributed by atoms with van der Waals surface area (Å²) in [6.07, 6.45) is 0. The van der Waals surface area contributed by atoms with Gasteiger partial charge >= 0.3 is 71.1 Å². The Morgan fingerprint density at radius 2 is 1.59 bits per heavy atom. The van der Waals surface area contributed by atoms with Gasteiger partial charge in [0, 0.05) is 0 Å². The molecule has 1 aromatic carbocycles. The van der Waals surface area contributed by atoms with Crippen LogP contribution in [0.3, 0.4) is 0 Å². The van der Waals surface area contributed by atoms with E-state index in [2.05, 4.69) is 4.52 Å². The summed E-state index contributed by atoms with van der Waals surface area (Å²) in [6.45, 7) is 0. The molecule has 0 saturated carbocycles. The zero-order valence-electron chi connectivity index (χ0n) is 7.73. The Balaban J connectivity index is 0.00000256. The molecule has 7 nitrogen and oxygen atoms in total. The van der Waals surface area contributed by atoms with Crippen molar-refractivity contribution in [1.29, 1.82) is 0 Å². The van der Waals surface area contributed by atoms with Crippen LogP contribution in [0.2, 0.25) is 0 Å². The summed E-state index contributed by atoms with van der Waals surface area (Å²) in [7, 11) is -4.98. The van der Waals surface area contributed by atoms with Crippen LogP contribution in [0.1, 0.15) is 20.7 Å². The predicted molar refractivity (Wildman–Crippen MR) is 58.0 cm³/mol. The first-order valence-corrected chi connectivity index (χ1v) is 5.46. The Labute approximate surface area is 138 Å². The van der Waals surface area contributed by atoms with Gasteiger partial charge in [-0.25, -0.2) is 14.2 Å². The van der Waals surface area contributed by atoms with E-state index < -0.39 is 25.3 Å². The van der Waals surface area contributed by atoms with Gasteiger partial charge in [-0.05, 0) is 12.1 Å². The molecule has 0 heterocycles. The summed E-state index contributed by atoms with van der Waals surface area (Å²) < 4.78 is 14.2. The summed E-state index contributed by atoms with van der Waals surface area (Å²) in [5, 5.41) is 8.71. The minimum atomic E-state index is -4.98. The number of hydrogen-bond donors (Lipinski definition) is 3. The van der Waals surface area contributed by atoms with Crippen LogP contribution in [-0.4, -0.2) is 78.2 Å². The summed E-state index contributed by atoms with van der Waals surface area (Å²) >= 11 is 0. The van der Waals surface area contributed by atoms with Gasteiger partial charge in [-0.3, -0.25) is 9.79 Å². The predicted octanol–water partition coefficient (Wildman–Crippen LogP) is -0.0142. The topological polar surface area (TPSA) is 121 Å². The molecule has 0 bridgehead atoms. The van der Waals surface area contributed by atoms with Crippen molar-refractivity contribution in [3.05, 3.63) is 35.4 Å². The SMILES string of the molecule is O=C(O)c1ccccc1C(=O)OP(=O)(O)O.[KH]. The average molecular weight is 286 g/mol. The number of carboxylic acid groups (broad SMARTS) is 1. The van der Waals surface area contributed by atoms with E-state index in [9.17, 15) is 14.2 Å². The molecular formula is C8H8KO7P. The molecule has 0 aliphatic carbocycles. The molecule has 0 saturated heterocycles. The van der Waals surface area contributed by atoms with Crippen LogP contribution in [0.25, 0.3) is 0 Å². The van der Waals surface area contributed by atoms with E-state index in [-0.39, 0.29) is 56.9 Å². The molecule has 0 spiro atoms. The maximum atomic E-state index is 11.2. The van der Waals surface area contributed by atoms with Crippen molar-refractivity contribution in [3.8, 4) is 0 Å². The van der Waals surface area contributed by atoms with Gasteiger partial charge in [0.05, 0.1) is 11.1 Å². The number of carboxylic acids is 1. The van der Waals surface area contributed by atoms with Crippen molar-refractivity contribution in [2.45, 2.75) is 0 Å². The molecule has 0 aliphatic rings. The van der Waals surface area contributed by atoms with Crippen molar-refractivity contribution in [3.63, 3.8) is 0 Å². The van der Waals surface area contributed by atoms with Gasteiger partial charge in [0.2, 0.25) is 0 Å². The number of hydrogen-bond acceptors (Lipinski definition) is 4. The number of carbonyl (C=O) groups is 2. The molecule has 0 fully saturated rings. The van der Waals surface area contributed by atoms with E-state index in [4.69, 9.17) is 14.9 Å². The van der Waals surface area contributed by atoms with Gasteiger partial charge in [0.1, 0.15) is 0 Å². The van der Waals surface area contributed by atoms with Crippen LogP contribution in [0.5, 0.6) is 0 Å². The van der Waals surface area contributed by atoms with Crippen LogP contribution >= 0.6 is 7.82 Å². The molecule has 88 valence electrons. The van der Waals surface area contributed by atoms with Gasteiger partial charge in [0.25, 0.3) is 0 Å². The van der Waals surface area contributed by atoms with Crippen LogP contribution < -0.4 is 0 Å². The molecular weight excluding hydrogens is 278 g/mol. The van der Waals surface area contributed by atoms with E-state index in [1.54, 1.807) is 0 Å². The molecule has 17 heavy (non-hydrogen) atoms. The van der Waals surface area contributed by atoms with Crippen LogP contribution in [0, 0.1) is 0 Å². The van der Waals surface area contributed by atoms with Crippen molar-refractivity contribution in [2.24, 2.45) is 0 Å². The molecule has 9 heteroatoms. The molecule has 0 unspecified atom stereocenters. The van der Waals surface area contributed by atoms with Gasteiger partial charge in [-0.2, -0.15) is 0 Å². The number of carbonyl (C=O) groups excluding carboxylic acids is 1. The van der Waals surface area contributed by atoms with Crippen LogP contribution in [0.4, 0.5) is 0 Å². The van der Waals surface area contributed by atoms with E-state index in [0.717, 1.165) is 12.1 Å². The number of rotatable bonds is 3. The molecule has 0 amide bonds. The van der Waals surface area contributed by atoms with Gasteiger partial charge in [-0.1, -0.05) is 12.1 Å². The average Bonchev–Trinajstić information content (AvgIpc) is 2.15. The number of benzene rings is 1. The Hall–Kier alpha value is -0.0536. The number of phosphoric acid groups is 1. The first-order valence-electron chi connectivity index (χ1n) is 3.93. The summed E-state index contributed by atoms with van der Waals surface area (Å²) in [4.78, 5) is 38.7. The van der Waals surface area contributed by atoms with E-state index in [0.29, 0.717) is 0 Å². The second-order valence-corrected chi connectivity index (χ2v) is 3.88. The molecule has 0 radical (unpaired) electrons. The fraction of sp³-hybridized carbons (Fsp3) is 0. The molecule has 1 rings (SSSR count). The van der Waals surface area contributed by atoms with Gasteiger partial charge in [0.15, 0.2) is 0 Å². The zero-order valence-corrected chi connectivity index (χ0v) is 8.63. The normalized spacial score (nSPS) is 10.2. The first-order chi connectivity index (χ1) is 7.31. The number of phosphoric ester groups is 1. The molecule has 0 aromatic heterocycles. The van der Waals surface area contributed by atoms with E-state index in [1.807, 2.05) is 0 Å². The molecule has 3 N–H and O–H groups in total. The second-order valence-electron chi connectivity index (χ2n) is 2.72. The summed E-state index contributed by atoms with van der Waals surface area (Å²) in [5.74, 6) is -2.77. The number of aromatic carboxylic acids is 1. The fourth-order valence-corrected chi connectivity index (χ4v) is 1.32. The summed E-state index contributed by atoms with van der Waals surface area (Å²) in [6, 6.07) is 4.94. The fourth-order valence-electron chi connectivity index (χ4n) is 1.00. The van der Waals surface area contributed by atoms with Crippen LogP contribution in [0.15, 0.2) is 24.3 Å². The third-order valence-corrected chi connectivity index (χ3v) is 1.98. The third kappa shape index (κ3) is 5.41. The Morgan fingerprint density at radius 1 is 1.12 bits per heavy atom. The zero-order chi connectivity index (χ0) is 12.3. The summed E-state index contributed by atoms with van der Waals surface area (Å²) in [5.41, 5.74) is -0.806. The second kappa shape index (κ2) is 6.77. The van der Waals surface area contributed by atoms with Crippen molar-refractivity contribution < 1.29 is 33.6 Å². The van der Waals surface area contributed by atoms with Crippen molar-refractivity contribution >= 4 is 71.1 Å². The Kier molecular flexibility index (Phi) is 6.74.